The first-order valence-electron chi connectivity index (χ1n) is 7.56. The Labute approximate surface area is 111 Å². The molecule has 2 N–H and O–H groups in total. The number of carboxylic acid groups (broad SMARTS) is 1. The van der Waals surface area contributed by atoms with E-state index in [1.54, 1.807) is 0 Å². The van der Waals surface area contributed by atoms with Crippen LogP contribution in [0.2, 0.25) is 0 Å². The summed E-state index contributed by atoms with van der Waals surface area (Å²) in [6, 6.07) is 0.504. The monoisotopic (exact) mass is 255 g/mol. The molecule has 0 heterocycles. The SMILES string of the molecule is CCC(NCC(CC)(CC)C(=O)O)C1CCCC1. The molecule has 1 rings (SSSR count). The Morgan fingerprint density at radius 1 is 1.28 bits per heavy atom. The van der Waals surface area contributed by atoms with Gasteiger partial charge in [0.1, 0.15) is 0 Å². The second-order valence-corrected chi connectivity index (χ2v) is 5.73. The van der Waals surface area contributed by atoms with Crippen LogP contribution in [0, 0.1) is 11.3 Å². The Bertz CT molecular complexity index is 255. The van der Waals surface area contributed by atoms with Gasteiger partial charge < -0.3 is 10.4 Å². The molecule has 0 bridgehead atoms. The third-order valence-electron chi connectivity index (χ3n) is 4.92. The summed E-state index contributed by atoms with van der Waals surface area (Å²) in [4.78, 5) is 11.5. The van der Waals surface area contributed by atoms with Crippen LogP contribution in [0.25, 0.3) is 0 Å². The van der Waals surface area contributed by atoms with Gasteiger partial charge in [-0.05, 0) is 38.0 Å². The minimum Gasteiger partial charge on any atom is -0.481 e. The molecule has 18 heavy (non-hydrogen) atoms. The molecular weight excluding hydrogens is 226 g/mol. The molecule has 0 radical (unpaired) electrons. The van der Waals surface area contributed by atoms with E-state index in [2.05, 4.69) is 12.2 Å². The first-order valence-corrected chi connectivity index (χ1v) is 7.56. The van der Waals surface area contributed by atoms with E-state index in [4.69, 9.17) is 0 Å². The highest BCUT2D eigenvalue weighted by Crippen LogP contribution is 2.31. The van der Waals surface area contributed by atoms with Crippen molar-refractivity contribution in [3.05, 3.63) is 0 Å². The quantitative estimate of drug-likeness (QED) is 0.698. The molecule has 1 fully saturated rings. The zero-order valence-electron chi connectivity index (χ0n) is 12.2. The van der Waals surface area contributed by atoms with Gasteiger partial charge in [0.15, 0.2) is 0 Å². The smallest absolute Gasteiger partial charge is 0.310 e. The van der Waals surface area contributed by atoms with Gasteiger partial charge in [0.2, 0.25) is 0 Å². The van der Waals surface area contributed by atoms with Crippen LogP contribution in [-0.4, -0.2) is 23.7 Å². The highest BCUT2D eigenvalue weighted by molar-refractivity contribution is 5.74. The summed E-state index contributed by atoms with van der Waals surface area (Å²) in [7, 11) is 0. The van der Waals surface area contributed by atoms with Gasteiger partial charge in [-0.1, -0.05) is 33.6 Å². The molecule has 1 atom stereocenters. The standard InChI is InChI=1S/C15H29NO2/c1-4-13(12-9-7-8-10-12)16-11-15(5-2,6-3)14(17)18/h12-13,16H,4-11H2,1-3H3,(H,17,18). The predicted molar refractivity (Wildman–Crippen MR) is 74.7 cm³/mol. The minimum absolute atomic E-state index is 0.504. The summed E-state index contributed by atoms with van der Waals surface area (Å²) in [6.07, 6.45) is 7.81. The Hall–Kier alpha value is -0.570. The van der Waals surface area contributed by atoms with Crippen LogP contribution in [0.1, 0.15) is 65.7 Å². The minimum atomic E-state index is -0.652. The number of carboxylic acids is 1. The van der Waals surface area contributed by atoms with Gasteiger partial charge >= 0.3 is 5.97 Å². The summed E-state index contributed by atoms with van der Waals surface area (Å²) >= 11 is 0. The molecule has 1 aliphatic carbocycles. The fourth-order valence-corrected chi connectivity index (χ4v) is 3.21. The zero-order valence-corrected chi connectivity index (χ0v) is 12.2. The average Bonchev–Trinajstić information content (AvgIpc) is 2.89. The van der Waals surface area contributed by atoms with Crippen molar-refractivity contribution >= 4 is 5.97 Å². The highest BCUT2D eigenvalue weighted by Gasteiger charge is 2.36. The van der Waals surface area contributed by atoms with E-state index in [0.29, 0.717) is 25.4 Å². The van der Waals surface area contributed by atoms with Gasteiger partial charge in [0.05, 0.1) is 5.41 Å². The Balaban J connectivity index is 2.56. The van der Waals surface area contributed by atoms with E-state index < -0.39 is 11.4 Å². The maximum absolute atomic E-state index is 11.5. The molecule has 1 saturated carbocycles. The van der Waals surface area contributed by atoms with Crippen molar-refractivity contribution < 1.29 is 9.90 Å². The fourth-order valence-electron chi connectivity index (χ4n) is 3.21. The van der Waals surface area contributed by atoms with Crippen LogP contribution in [0.5, 0.6) is 0 Å². The van der Waals surface area contributed by atoms with Gasteiger partial charge in [-0.2, -0.15) is 0 Å². The molecule has 3 heteroatoms. The first-order chi connectivity index (χ1) is 8.59. The Morgan fingerprint density at radius 2 is 1.83 bits per heavy atom. The van der Waals surface area contributed by atoms with Crippen molar-refractivity contribution in [2.45, 2.75) is 71.8 Å². The molecule has 0 saturated heterocycles. The van der Waals surface area contributed by atoms with Crippen molar-refractivity contribution in [2.24, 2.45) is 11.3 Å². The molecule has 0 aromatic rings. The molecule has 3 nitrogen and oxygen atoms in total. The van der Waals surface area contributed by atoms with Gasteiger partial charge in [-0.25, -0.2) is 0 Å². The molecule has 1 aliphatic rings. The average molecular weight is 255 g/mol. The van der Waals surface area contributed by atoms with E-state index in [9.17, 15) is 9.90 Å². The van der Waals surface area contributed by atoms with E-state index in [-0.39, 0.29) is 0 Å². The normalized spacial score (nSPS) is 19.1. The molecule has 0 spiro atoms. The number of aliphatic carboxylic acids is 1. The first kappa shape index (κ1) is 15.5. The number of hydrogen-bond donors (Lipinski definition) is 2. The van der Waals surface area contributed by atoms with Crippen LogP contribution in [0.15, 0.2) is 0 Å². The van der Waals surface area contributed by atoms with Crippen molar-refractivity contribution in [1.29, 1.82) is 0 Å². The van der Waals surface area contributed by atoms with Crippen molar-refractivity contribution in [3.63, 3.8) is 0 Å². The molecular formula is C15H29NO2. The van der Waals surface area contributed by atoms with Crippen LogP contribution in [0.4, 0.5) is 0 Å². The van der Waals surface area contributed by atoms with E-state index in [1.807, 2.05) is 13.8 Å². The van der Waals surface area contributed by atoms with Crippen LogP contribution in [-0.2, 0) is 4.79 Å². The van der Waals surface area contributed by atoms with Gasteiger partial charge in [0, 0.05) is 12.6 Å². The van der Waals surface area contributed by atoms with E-state index in [1.165, 1.54) is 25.7 Å². The Kier molecular flexibility index (Phi) is 6.13. The van der Waals surface area contributed by atoms with Crippen molar-refractivity contribution in [2.75, 3.05) is 6.54 Å². The predicted octanol–water partition coefficient (Wildman–Crippen LogP) is 3.44. The zero-order chi connectivity index (χ0) is 13.6. The number of nitrogens with one attached hydrogen (secondary N) is 1. The number of carbonyl (C=O) groups is 1. The molecule has 1 unspecified atom stereocenters. The lowest BCUT2D eigenvalue weighted by Gasteiger charge is -2.31. The van der Waals surface area contributed by atoms with Crippen LogP contribution in [0.3, 0.4) is 0 Å². The molecule has 0 aromatic heterocycles. The summed E-state index contributed by atoms with van der Waals surface area (Å²) in [5, 5.41) is 13.0. The second-order valence-electron chi connectivity index (χ2n) is 5.73. The van der Waals surface area contributed by atoms with E-state index >= 15 is 0 Å². The third kappa shape index (κ3) is 3.47. The molecule has 0 aromatic carbocycles. The highest BCUT2D eigenvalue weighted by atomic mass is 16.4. The maximum Gasteiger partial charge on any atom is 0.310 e. The lowest BCUT2D eigenvalue weighted by molar-refractivity contribution is -0.149. The summed E-state index contributed by atoms with van der Waals surface area (Å²) in [6.45, 7) is 6.78. The Morgan fingerprint density at radius 3 is 2.22 bits per heavy atom. The van der Waals surface area contributed by atoms with Gasteiger partial charge in [-0.15, -0.1) is 0 Å². The molecule has 0 amide bonds. The van der Waals surface area contributed by atoms with Crippen LogP contribution < -0.4 is 5.32 Å². The molecule has 106 valence electrons. The van der Waals surface area contributed by atoms with Crippen molar-refractivity contribution in [3.8, 4) is 0 Å². The summed E-state index contributed by atoms with van der Waals surface area (Å²) in [5.41, 5.74) is -0.577. The van der Waals surface area contributed by atoms with Crippen LogP contribution >= 0.6 is 0 Å². The van der Waals surface area contributed by atoms with E-state index in [0.717, 1.165) is 12.3 Å². The second kappa shape index (κ2) is 7.13. The maximum atomic E-state index is 11.5. The summed E-state index contributed by atoms with van der Waals surface area (Å²) in [5.74, 6) is 0.108. The number of hydrogen-bond acceptors (Lipinski definition) is 2. The lowest BCUT2D eigenvalue weighted by Crippen LogP contribution is -2.45. The van der Waals surface area contributed by atoms with Gasteiger partial charge in [-0.3, -0.25) is 4.79 Å². The largest absolute Gasteiger partial charge is 0.481 e. The lowest BCUT2D eigenvalue weighted by atomic mass is 9.81. The number of rotatable bonds is 8. The van der Waals surface area contributed by atoms with Crippen molar-refractivity contribution in [1.82, 2.24) is 5.32 Å². The third-order valence-corrected chi connectivity index (χ3v) is 4.92. The van der Waals surface area contributed by atoms with Gasteiger partial charge in [0.25, 0.3) is 0 Å². The topological polar surface area (TPSA) is 49.3 Å². The molecule has 0 aliphatic heterocycles. The fraction of sp³-hybridized carbons (Fsp3) is 0.933. The summed E-state index contributed by atoms with van der Waals surface area (Å²) < 4.78 is 0.